The Morgan fingerprint density at radius 1 is 1.10 bits per heavy atom. The van der Waals surface area contributed by atoms with E-state index in [1.807, 2.05) is 25.1 Å². The van der Waals surface area contributed by atoms with Crippen LogP contribution in [0.3, 0.4) is 0 Å². The molecule has 1 aromatic rings. The molecule has 2 rings (SSSR count). The fraction of sp³-hybridized carbons (Fsp3) is 0.647. The molecule has 0 radical (unpaired) electrons. The molecule has 0 spiro atoms. The number of rotatable bonds is 5. The summed E-state index contributed by atoms with van der Waals surface area (Å²) in [6.45, 7) is 7.78. The highest BCUT2D eigenvalue weighted by Gasteiger charge is 2.26. The molecule has 1 saturated carbocycles. The number of benzene rings is 1. The molecule has 2 N–H and O–H groups in total. The van der Waals surface area contributed by atoms with Gasteiger partial charge in [0.15, 0.2) is 11.5 Å². The van der Waals surface area contributed by atoms with Gasteiger partial charge in [-0.3, -0.25) is 0 Å². The monoisotopic (exact) mass is 277 g/mol. The predicted octanol–water partition coefficient (Wildman–Crippen LogP) is 3.75. The summed E-state index contributed by atoms with van der Waals surface area (Å²) < 4.78 is 11.9. The molecule has 112 valence electrons. The first kappa shape index (κ1) is 15.2. The summed E-state index contributed by atoms with van der Waals surface area (Å²) in [7, 11) is 0. The van der Waals surface area contributed by atoms with Crippen LogP contribution in [0.15, 0.2) is 18.2 Å². The molecule has 0 aromatic heterocycles. The molecule has 3 nitrogen and oxygen atoms in total. The van der Waals surface area contributed by atoms with Crippen LogP contribution in [0.2, 0.25) is 0 Å². The van der Waals surface area contributed by atoms with Crippen LogP contribution in [-0.2, 0) is 6.54 Å². The Bertz CT molecular complexity index is 423. The Morgan fingerprint density at radius 2 is 1.80 bits per heavy atom. The lowest BCUT2D eigenvalue weighted by molar-refractivity contribution is 0.0971. The van der Waals surface area contributed by atoms with Crippen molar-refractivity contribution in [3.8, 4) is 11.5 Å². The summed E-state index contributed by atoms with van der Waals surface area (Å²) in [5, 5.41) is 0. The maximum atomic E-state index is 6.21. The minimum atomic E-state index is 0.302. The molecule has 1 aromatic carbocycles. The molecular weight excluding hydrogens is 250 g/mol. The van der Waals surface area contributed by atoms with Gasteiger partial charge < -0.3 is 15.2 Å². The van der Waals surface area contributed by atoms with E-state index in [1.54, 1.807) is 0 Å². The van der Waals surface area contributed by atoms with Gasteiger partial charge in [0.05, 0.1) is 12.7 Å². The van der Waals surface area contributed by atoms with E-state index in [4.69, 9.17) is 15.2 Å². The highest BCUT2D eigenvalue weighted by molar-refractivity contribution is 5.43. The second kappa shape index (κ2) is 6.98. The molecule has 0 aliphatic heterocycles. The first-order valence-electron chi connectivity index (χ1n) is 7.74. The van der Waals surface area contributed by atoms with E-state index in [2.05, 4.69) is 13.8 Å². The molecule has 2 atom stereocenters. The number of hydrogen-bond donors (Lipinski definition) is 1. The maximum absolute atomic E-state index is 6.21. The van der Waals surface area contributed by atoms with E-state index in [0.717, 1.165) is 41.7 Å². The summed E-state index contributed by atoms with van der Waals surface area (Å²) in [5.74, 6) is 3.15. The Labute approximate surface area is 122 Å². The summed E-state index contributed by atoms with van der Waals surface area (Å²) in [5.41, 5.74) is 6.76. The standard InChI is InChI=1S/C17H27NO2/c1-4-19-17-10-14(11-18)5-6-16(17)20-15-8-12(2)7-13(3)9-15/h5-6,10,12-13,15H,4,7-9,11,18H2,1-3H3. The van der Waals surface area contributed by atoms with Gasteiger partial charge in [-0.05, 0) is 55.7 Å². The van der Waals surface area contributed by atoms with Gasteiger partial charge in [0.2, 0.25) is 0 Å². The largest absolute Gasteiger partial charge is 0.490 e. The molecule has 3 heteroatoms. The quantitative estimate of drug-likeness (QED) is 0.891. The molecule has 0 saturated heterocycles. The van der Waals surface area contributed by atoms with E-state index < -0.39 is 0 Å². The SMILES string of the molecule is CCOc1cc(CN)ccc1OC1CC(C)CC(C)C1. The summed E-state index contributed by atoms with van der Waals surface area (Å²) in [6.07, 6.45) is 3.88. The Balaban J connectivity index is 2.11. The Hall–Kier alpha value is -1.22. The molecule has 1 fully saturated rings. The fourth-order valence-electron chi connectivity index (χ4n) is 3.19. The average molecular weight is 277 g/mol. The van der Waals surface area contributed by atoms with Crippen LogP contribution in [0.4, 0.5) is 0 Å². The number of ether oxygens (including phenoxy) is 2. The van der Waals surface area contributed by atoms with E-state index >= 15 is 0 Å². The van der Waals surface area contributed by atoms with Crippen molar-refractivity contribution in [3.05, 3.63) is 23.8 Å². The molecule has 2 unspecified atom stereocenters. The van der Waals surface area contributed by atoms with E-state index in [0.29, 0.717) is 19.3 Å². The summed E-state index contributed by atoms with van der Waals surface area (Å²) in [4.78, 5) is 0. The first-order chi connectivity index (χ1) is 9.62. The topological polar surface area (TPSA) is 44.5 Å². The van der Waals surface area contributed by atoms with Crippen molar-refractivity contribution >= 4 is 0 Å². The van der Waals surface area contributed by atoms with E-state index in [1.165, 1.54) is 6.42 Å². The Kier molecular flexibility index (Phi) is 5.30. The van der Waals surface area contributed by atoms with Crippen LogP contribution in [0, 0.1) is 11.8 Å². The third-order valence-electron chi connectivity index (χ3n) is 3.97. The van der Waals surface area contributed by atoms with Crippen molar-refractivity contribution in [2.24, 2.45) is 17.6 Å². The van der Waals surface area contributed by atoms with Crippen LogP contribution < -0.4 is 15.2 Å². The van der Waals surface area contributed by atoms with Gasteiger partial charge in [-0.15, -0.1) is 0 Å². The molecule has 1 aliphatic carbocycles. The van der Waals surface area contributed by atoms with Crippen LogP contribution >= 0.6 is 0 Å². The highest BCUT2D eigenvalue weighted by Crippen LogP contribution is 2.35. The van der Waals surface area contributed by atoms with Gasteiger partial charge in [-0.2, -0.15) is 0 Å². The Morgan fingerprint density at radius 3 is 2.40 bits per heavy atom. The molecular formula is C17H27NO2. The summed E-state index contributed by atoms with van der Waals surface area (Å²) >= 11 is 0. The second-order valence-electron chi connectivity index (χ2n) is 6.08. The van der Waals surface area contributed by atoms with Crippen LogP contribution in [-0.4, -0.2) is 12.7 Å². The molecule has 0 heterocycles. The summed E-state index contributed by atoms with van der Waals surface area (Å²) in [6, 6.07) is 6.01. The lowest BCUT2D eigenvalue weighted by atomic mass is 9.82. The van der Waals surface area contributed by atoms with Gasteiger partial charge >= 0.3 is 0 Å². The lowest BCUT2D eigenvalue weighted by Gasteiger charge is -2.32. The molecule has 1 aliphatic rings. The second-order valence-corrected chi connectivity index (χ2v) is 6.08. The lowest BCUT2D eigenvalue weighted by Crippen LogP contribution is -2.28. The van der Waals surface area contributed by atoms with Gasteiger partial charge in [-0.1, -0.05) is 19.9 Å². The normalized spacial score (nSPS) is 26.3. The van der Waals surface area contributed by atoms with Crippen molar-refractivity contribution in [3.63, 3.8) is 0 Å². The third kappa shape index (κ3) is 3.89. The maximum Gasteiger partial charge on any atom is 0.161 e. The van der Waals surface area contributed by atoms with Gasteiger partial charge in [0.25, 0.3) is 0 Å². The van der Waals surface area contributed by atoms with Crippen LogP contribution in [0.1, 0.15) is 45.6 Å². The van der Waals surface area contributed by atoms with Gasteiger partial charge in [-0.25, -0.2) is 0 Å². The molecule has 20 heavy (non-hydrogen) atoms. The highest BCUT2D eigenvalue weighted by atomic mass is 16.5. The minimum Gasteiger partial charge on any atom is -0.490 e. The van der Waals surface area contributed by atoms with Crippen LogP contribution in [0.25, 0.3) is 0 Å². The third-order valence-corrected chi connectivity index (χ3v) is 3.97. The van der Waals surface area contributed by atoms with Crippen molar-refractivity contribution in [2.45, 2.75) is 52.7 Å². The number of hydrogen-bond acceptors (Lipinski definition) is 3. The van der Waals surface area contributed by atoms with Gasteiger partial charge in [0.1, 0.15) is 0 Å². The van der Waals surface area contributed by atoms with Crippen molar-refractivity contribution in [1.29, 1.82) is 0 Å². The zero-order valence-corrected chi connectivity index (χ0v) is 12.9. The zero-order valence-electron chi connectivity index (χ0n) is 12.9. The van der Waals surface area contributed by atoms with Crippen molar-refractivity contribution in [2.75, 3.05) is 6.61 Å². The van der Waals surface area contributed by atoms with Crippen molar-refractivity contribution < 1.29 is 9.47 Å². The molecule has 0 bridgehead atoms. The first-order valence-corrected chi connectivity index (χ1v) is 7.74. The smallest absolute Gasteiger partial charge is 0.161 e. The minimum absolute atomic E-state index is 0.302. The number of nitrogens with two attached hydrogens (primary N) is 1. The van der Waals surface area contributed by atoms with E-state index in [-0.39, 0.29) is 0 Å². The molecule has 0 amide bonds. The van der Waals surface area contributed by atoms with E-state index in [9.17, 15) is 0 Å². The predicted molar refractivity (Wildman–Crippen MR) is 82.1 cm³/mol. The van der Waals surface area contributed by atoms with Gasteiger partial charge in [0, 0.05) is 6.54 Å². The van der Waals surface area contributed by atoms with Crippen LogP contribution in [0.5, 0.6) is 11.5 Å². The fourth-order valence-corrected chi connectivity index (χ4v) is 3.19. The zero-order chi connectivity index (χ0) is 14.5. The average Bonchev–Trinajstić information content (AvgIpc) is 2.40. The van der Waals surface area contributed by atoms with Crippen molar-refractivity contribution in [1.82, 2.24) is 0 Å².